The zero-order chi connectivity index (χ0) is 48.3. The topological polar surface area (TPSA) is 173 Å². The normalized spacial score (nSPS) is 11.0. The van der Waals surface area contributed by atoms with Crippen molar-refractivity contribution in [2.45, 2.75) is 297 Å². The molecular formula is C55H108O9. The van der Waals surface area contributed by atoms with Crippen molar-refractivity contribution in [1.82, 2.24) is 0 Å². The van der Waals surface area contributed by atoms with Gasteiger partial charge in [-0.15, -0.1) is 0 Å². The summed E-state index contributed by atoms with van der Waals surface area (Å²) in [7, 11) is 0. The van der Waals surface area contributed by atoms with Crippen LogP contribution < -0.4 is 0 Å². The molecule has 0 bridgehead atoms. The van der Waals surface area contributed by atoms with E-state index >= 15 is 0 Å². The van der Waals surface area contributed by atoms with E-state index in [2.05, 4.69) is 45.1 Å². The Bertz CT molecular complexity index is 898. The Balaban J connectivity index is -0.000000396. The van der Waals surface area contributed by atoms with Gasteiger partial charge in [-0.2, -0.15) is 0 Å². The van der Waals surface area contributed by atoms with Gasteiger partial charge < -0.3 is 30.6 Å². The summed E-state index contributed by atoms with van der Waals surface area (Å²) < 4.78 is 0. The van der Waals surface area contributed by atoms with E-state index in [1.165, 1.54) is 212 Å². The number of carboxylic acid groups (broad SMARTS) is 3. The summed E-state index contributed by atoms with van der Waals surface area (Å²) >= 11 is 0. The SMILES string of the molecule is CCCCCCCC/C=C\CCCCCCCC(=O)O.CCCCCCCC/C=C\CCCCCCCC(=O)O.CCCCCCCCCCCCCCCC(=O)O.OCC(O)CO. The molecule has 0 aliphatic carbocycles. The van der Waals surface area contributed by atoms with Gasteiger partial charge in [-0.25, -0.2) is 0 Å². The standard InChI is InChI=1S/2C18H34O2.C16H32O2.C3H8O3/c2*1-2-3-4-5-6-7-8-9-10-11-12-13-14-15-16-17-18(19)20;1-2-3-4-5-6-7-8-9-10-11-12-13-14-15-16(17)18;4-1-3(6)2-5/h2*9-10H,2-8,11-17H2,1H3,(H,19,20);2-15H2,1H3,(H,17,18);3-6H,1-2H2/b2*10-9-;;. The highest BCUT2D eigenvalue weighted by Gasteiger charge is 1.99. The van der Waals surface area contributed by atoms with Crippen molar-refractivity contribution >= 4 is 17.9 Å². The van der Waals surface area contributed by atoms with Crippen LogP contribution in [0.2, 0.25) is 0 Å². The summed E-state index contributed by atoms with van der Waals surface area (Å²) in [4.78, 5) is 30.9. The summed E-state index contributed by atoms with van der Waals surface area (Å²) in [6.45, 7) is 6.05. The number of carbonyl (C=O) groups is 3. The molecule has 6 N–H and O–H groups in total. The van der Waals surface area contributed by atoms with Crippen molar-refractivity contribution in [3.05, 3.63) is 24.3 Å². The summed E-state index contributed by atoms with van der Waals surface area (Å²) in [5.41, 5.74) is 0. The fourth-order valence-electron chi connectivity index (χ4n) is 7.05. The van der Waals surface area contributed by atoms with Crippen molar-refractivity contribution in [2.24, 2.45) is 0 Å². The lowest BCUT2D eigenvalue weighted by Gasteiger charge is -2.02. The number of carboxylic acids is 3. The molecule has 0 aromatic rings. The molecule has 0 saturated carbocycles. The molecule has 0 spiro atoms. The molecule has 0 heterocycles. The van der Waals surface area contributed by atoms with Crippen LogP contribution in [0.5, 0.6) is 0 Å². The first-order chi connectivity index (χ1) is 31.1. The van der Waals surface area contributed by atoms with Crippen LogP contribution in [0.15, 0.2) is 24.3 Å². The first-order valence-corrected chi connectivity index (χ1v) is 27.0. The maximum Gasteiger partial charge on any atom is 0.303 e. The zero-order valence-corrected chi connectivity index (χ0v) is 42.4. The second kappa shape index (κ2) is 65.1. The largest absolute Gasteiger partial charge is 0.481 e. The lowest BCUT2D eigenvalue weighted by Crippen LogP contribution is -2.15. The van der Waals surface area contributed by atoms with Gasteiger partial charge in [-0.3, -0.25) is 14.4 Å². The van der Waals surface area contributed by atoms with E-state index in [9.17, 15) is 14.4 Å². The van der Waals surface area contributed by atoms with Gasteiger partial charge in [-0.1, -0.05) is 225 Å². The fraction of sp³-hybridized carbons (Fsp3) is 0.873. The summed E-state index contributed by atoms with van der Waals surface area (Å²) in [6.07, 6.45) is 58.8. The highest BCUT2D eigenvalue weighted by atomic mass is 16.4. The minimum Gasteiger partial charge on any atom is -0.481 e. The third-order valence-corrected chi connectivity index (χ3v) is 11.2. The predicted octanol–water partition coefficient (Wildman–Crippen LogP) is 16.1. The van der Waals surface area contributed by atoms with Gasteiger partial charge in [0.15, 0.2) is 0 Å². The molecule has 0 fully saturated rings. The summed E-state index contributed by atoms with van der Waals surface area (Å²) in [6, 6.07) is 0. The van der Waals surface area contributed by atoms with Crippen LogP contribution in [0.3, 0.4) is 0 Å². The molecule has 0 amide bonds. The molecule has 0 saturated heterocycles. The minimum atomic E-state index is -0.954. The lowest BCUT2D eigenvalue weighted by atomic mass is 10.0. The summed E-state index contributed by atoms with van der Waals surface area (Å²) in [5.74, 6) is -1.98. The van der Waals surface area contributed by atoms with Crippen molar-refractivity contribution in [2.75, 3.05) is 13.2 Å². The molecule has 0 atom stereocenters. The Morgan fingerprint density at radius 3 is 0.641 bits per heavy atom. The lowest BCUT2D eigenvalue weighted by molar-refractivity contribution is -0.138. The van der Waals surface area contributed by atoms with Gasteiger partial charge in [-0.05, 0) is 70.6 Å². The van der Waals surface area contributed by atoms with Gasteiger partial charge in [0, 0.05) is 19.3 Å². The predicted molar refractivity (Wildman–Crippen MR) is 272 cm³/mol. The number of aliphatic carboxylic acids is 3. The average molecular weight is 913 g/mol. The van der Waals surface area contributed by atoms with Crippen LogP contribution in [-0.4, -0.2) is 67.9 Å². The third-order valence-electron chi connectivity index (χ3n) is 11.2. The van der Waals surface area contributed by atoms with Crippen LogP contribution in [0.1, 0.15) is 290 Å². The second-order valence-corrected chi connectivity index (χ2v) is 17.9. The Kier molecular flexibility index (Phi) is 69.5. The quantitative estimate of drug-likeness (QED) is 0.0257. The fourth-order valence-corrected chi connectivity index (χ4v) is 7.05. The first kappa shape index (κ1) is 68.4. The molecule has 0 aromatic heterocycles. The van der Waals surface area contributed by atoms with Gasteiger partial charge in [0.25, 0.3) is 0 Å². The maximum atomic E-state index is 10.3. The monoisotopic (exact) mass is 913 g/mol. The highest BCUT2D eigenvalue weighted by molar-refractivity contribution is 5.67. The van der Waals surface area contributed by atoms with E-state index in [0.717, 1.165) is 38.5 Å². The van der Waals surface area contributed by atoms with E-state index in [-0.39, 0.29) is 13.2 Å². The van der Waals surface area contributed by atoms with Gasteiger partial charge in [0.1, 0.15) is 6.10 Å². The van der Waals surface area contributed by atoms with Crippen LogP contribution >= 0.6 is 0 Å². The molecular weight excluding hydrogens is 805 g/mol. The molecule has 0 aromatic carbocycles. The van der Waals surface area contributed by atoms with Crippen molar-refractivity contribution < 1.29 is 45.0 Å². The van der Waals surface area contributed by atoms with E-state index in [1.807, 2.05) is 0 Å². The van der Waals surface area contributed by atoms with Crippen LogP contribution in [0.25, 0.3) is 0 Å². The number of allylic oxidation sites excluding steroid dienone is 4. The van der Waals surface area contributed by atoms with E-state index in [0.29, 0.717) is 19.3 Å². The van der Waals surface area contributed by atoms with E-state index in [1.54, 1.807) is 0 Å². The zero-order valence-electron chi connectivity index (χ0n) is 42.4. The van der Waals surface area contributed by atoms with Gasteiger partial charge in [0.05, 0.1) is 13.2 Å². The van der Waals surface area contributed by atoms with E-state index in [4.69, 9.17) is 30.6 Å². The second-order valence-electron chi connectivity index (χ2n) is 17.9. The Labute approximate surface area is 395 Å². The molecule has 0 rings (SSSR count). The van der Waals surface area contributed by atoms with Crippen molar-refractivity contribution in [3.8, 4) is 0 Å². The number of unbranched alkanes of at least 4 members (excludes halogenated alkanes) is 34. The molecule has 0 radical (unpaired) electrons. The molecule has 9 nitrogen and oxygen atoms in total. The van der Waals surface area contributed by atoms with Crippen LogP contribution in [0, 0.1) is 0 Å². The van der Waals surface area contributed by atoms with Crippen molar-refractivity contribution in [1.29, 1.82) is 0 Å². The molecule has 382 valence electrons. The molecule has 64 heavy (non-hydrogen) atoms. The summed E-state index contributed by atoms with van der Waals surface area (Å²) in [5, 5.41) is 49.5. The van der Waals surface area contributed by atoms with E-state index < -0.39 is 24.0 Å². The minimum absolute atomic E-state index is 0.332. The third kappa shape index (κ3) is 80.1. The molecule has 0 aliphatic heterocycles. The maximum absolute atomic E-state index is 10.3. The molecule has 9 heteroatoms. The van der Waals surface area contributed by atoms with Crippen molar-refractivity contribution in [3.63, 3.8) is 0 Å². The average Bonchev–Trinajstić information content (AvgIpc) is 3.28. The number of hydrogen-bond acceptors (Lipinski definition) is 6. The Morgan fingerprint density at radius 2 is 0.484 bits per heavy atom. The molecule has 0 unspecified atom stereocenters. The highest BCUT2D eigenvalue weighted by Crippen LogP contribution is 2.14. The number of aliphatic hydroxyl groups is 3. The Hall–Kier alpha value is -2.23. The van der Waals surface area contributed by atoms with Gasteiger partial charge >= 0.3 is 17.9 Å². The Morgan fingerprint density at radius 1 is 0.312 bits per heavy atom. The molecule has 0 aliphatic rings. The first-order valence-electron chi connectivity index (χ1n) is 27.0. The number of rotatable bonds is 46. The van der Waals surface area contributed by atoms with Gasteiger partial charge in [0.2, 0.25) is 0 Å². The van der Waals surface area contributed by atoms with Crippen LogP contribution in [-0.2, 0) is 14.4 Å². The van der Waals surface area contributed by atoms with Crippen LogP contribution in [0.4, 0.5) is 0 Å². The number of aliphatic hydroxyl groups excluding tert-OH is 3. The number of hydrogen-bond donors (Lipinski definition) is 6. The smallest absolute Gasteiger partial charge is 0.303 e.